The summed E-state index contributed by atoms with van der Waals surface area (Å²) in [5.41, 5.74) is 1.96. The molecule has 1 aromatic carbocycles. The van der Waals surface area contributed by atoms with Crippen LogP contribution in [0.1, 0.15) is 19.4 Å². The zero-order valence-corrected chi connectivity index (χ0v) is 15.4. The molecule has 0 saturated carbocycles. The van der Waals surface area contributed by atoms with Crippen LogP contribution in [0.5, 0.6) is 0 Å². The lowest BCUT2D eigenvalue weighted by Crippen LogP contribution is -2.38. The first-order valence-electron chi connectivity index (χ1n) is 8.25. The summed E-state index contributed by atoms with van der Waals surface area (Å²) >= 11 is 0. The highest BCUT2D eigenvalue weighted by atomic mass is 16.5. The van der Waals surface area contributed by atoms with Gasteiger partial charge < -0.3 is 14.1 Å². The number of quaternary nitrogens is 1. The lowest BCUT2D eigenvalue weighted by Gasteiger charge is -2.23. The monoisotopic (exact) mass is 330 g/mol. The van der Waals surface area contributed by atoms with E-state index in [1.165, 1.54) is 0 Å². The first kappa shape index (κ1) is 19.7. The molecule has 24 heavy (non-hydrogen) atoms. The van der Waals surface area contributed by atoms with Crippen LogP contribution in [0.15, 0.2) is 29.8 Å². The van der Waals surface area contributed by atoms with Crippen molar-refractivity contribution in [1.29, 1.82) is 5.26 Å². The van der Waals surface area contributed by atoms with Gasteiger partial charge in [-0.2, -0.15) is 5.26 Å². The minimum absolute atomic E-state index is 0.0204. The Hall–Kier alpha value is -2.32. The first-order chi connectivity index (χ1) is 11.3. The summed E-state index contributed by atoms with van der Waals surface area (Å²) < 4.78 is 5.89. The van der Waals surface area contributed by atoms with Gasteiger partial charge in [0.2, 0.25) is 0 Å². The van der Waals surface area contributed by atoms with Crippen molar-refractivity contribution in [2.45, 2.75) is 13.8 Å². The molecule has 0 radical (unpaired) electrons. The van der Waals surface area contributed by atoms with Crippen LogP contribution in [-0.2, 0) is 9.53 Å². The number of benzene rings is 1. The van der Waals surface area contributed by atoms with Crippen LogP contribution in [0.25, 0.3) is 6.08 Å². The van der Waals surface area contributed by atoms with Crippen molar-refractivity contribution >= 4 is 17.7 Å². The summed E-state index contributed by atoms with van der Waals surface area (Å²) in [7, 11) is 6.06. The van der Waals surface area contributed by atoms with Crippen LogP contribution in [-0.4, -0.2) is 57.8 Å². The smallest absolute Gasteiger partial charge is 0.349 e. The summed E-state index contributed by atoms with van der Waals surface area (Å²) in [5.74, 6) is -0.571. The summed E-state index contributed by atoms with van der Waals surface area (Å²) in [6.07, 6.45) is 1.57. The van der Waals surface area contributed by atoms with Crippen LogP contribution in [0.2, 0.25) is 0 Å². The number of likely N-dealkylation sites (N-methyl/N-ethyl adjacent to an activating group) is 1. The molecule has 0 aliphatic carbocycles. The molecule has 5 heteroatoms. The fourth-order valence-corrected chi connectivity index (χ4v) is 2.16. The van der Waals surface area contributed by atoms with Crippen LogP contribution in [0.3, 0.4) is 0 Å². The average Bonchev–Trinajstić information content (AvgIpc) is 2.53. The Morgan fingerprint density at radius 1 is 1.21 bits per heavy atom. The molecule has 0 heterocycles. The fourth-order valence-electron chi connectivity index (χ4n) is 2.16. The first-order valence-corrected chi connectivity index (χ1v) is 8.25. The third-order valence-electron chi connectivity index (χ3n) is 3.67. The van der Waals surface area contributed by atoms with Gasteiger partial charge in [0.1, 0.15) is 24.8 Å². The molecule has 0 saturated heterocycles. The molecular weight excluding hydrogens is 302 g/mol. The predicted octanol–water partition coefficient (Wildman–Crippen LogP) is 2.69. The van der Waals surface area contributed by atoms with Crippen LogP contribution >= 0.6 is 0 Å². The molecule has 130 valence electrons. The minimum Gasteiger partial charge on any atom is -0.456 e. The summed E-state index contributed by atoms with van der Waals surface area (Å²) in [6, 6.07) is 9.74. The molecule has 1 rings (SSSR count). The summed E-state index contributed by atoms with van der Waals surface area (Å²) in [6.45, 7) is 7.08. The lowest BCUT2D eigenvalue weighted by molar-refractivity contribution is -0.870. The maximum atomic E-state index is 12.0. The van der Waals surface area contributed by atoms with Gasteiger partial charge in [-0.25, -0.2) is 4.79 Å². The van der Waals surface area contributed by atoms with E-state index in [2.05, 4.69) is 18.7 Å². The maximum absolute atomic E-state index is 12.0. The maximum Gasteiger partial charge on any atom is 0.349 e. The van der Waals surface area contributed by atoms with Crippen molar-refractivity contribution in [1.82, 2.24) is 0 Å². The van der Waals surface area contributed by atoms with Gasteiger partial charge in [-0.3, -0.25) is 0 Å². The number of nitriles is 1. The number of anilines is 1. The zero-order valence-electron chi connectivity index (χ0n) is 15.4. The number of nitrogens with zero attached hydrogens (tertiary/aromatic N) is 3. The second kappa shape index (κ2) is 9.09. The van der Waals surface area contributed by atoms with E-state index >= 15 is 0 Å². The van der Waals surface area contributed by atoms with Crippen molar-refractivity contribution in [3.63, 3.8) is 0 Å². The number of ether oxygens (including phenoxy) is 1. The van der Waals surface area contributed by atoms with E-state index in [9.17, 15) is 10.1 Å². The number of hydrogen-bond acceptors (Lipinski definition) is 4. The standard InChI is InChI=1S/C19H28N3O2/c1-6-21(7-2)18-10-8-16(9-11-18)14-17(15-20)19(23)24-13-12-22(3,4)5/h8-11,14H,6-7,12-13H2,1-5H3/q+1/b17-14+. The van der Waals surface area contributed by atoms with Gasteiger partial charge in [0.25, 0.3) is 0 Å². The normalized spacial score (nSPS) is 11.8. The third kappa shape index (κ3) is 6.43. The molecule has 0 aliphatic heterocycles. The van der Waals surface area contributed by atoms with E-state index in [1.807, 2.05) is 51.5 Å². The highest BCUT2D eigenvalue weighted by Gasteiger charge is 2.13. The Morgan fingerprint density at radius 3 is 2.25 bits per heavy atom. The van der Waals surface area contributed by atoms with Crippen molar-refractivity contribution in [3.8, 4) is 6.07 Å². The van der Waals surface area contributed by atoms with Gasteiger partial charge in [0, 0.05) is 18.8 Å². The second-order valence-electron chi connectivity index (χ2n) is 6.58. The summed E-state index contributed by atoms with van der Waals surface area (Å²) in [4.78, 5) is 14.2. The molecule has 0 atom stereocenters. The Balaban J connectivity index is 2.77. The van der Waals surface area contributed by atoms with Gasteiger partial charge in [-0.05, 0) is 37.6 Å². The molecule has 0 aromatic heterocycles. The topological polar surface area (TPSA) is 53.3 Å². The number of esters is 1. The van der Waals surface area contributed by atoms with E-state index in [4.69, 9.17) is 4.74 Å². The Morgan fingerprint density at radius 2 is 1.79 bits per heavy atom. The molecule has 0 aliphatic rings. The Labute approximate surface area is 145 Å². The van der Waals surface area contributed by atoms with Crippen molar-refractivity contribution in [2.75, 3.05) is 52.3 Å². The van der Waals surface area contributed by atoms with E-state index in [-0.39, 0.29) is 5.57 Å². The van der Waals surface area contributed by atoms with Gasteiger partial charge in [0.05, 0.1) is 21.1 Å². The molecule has 1 aromatic rings. The number of rotatable bonds is 8. The molecule has 5 nitrogen and oxygen atoms in total. The minimum atomic E-state index is -0.571. The lowest BCUT2D eigenvalue weighted by atomic mass is 10.1. The molecule has 0 amide bonds. The quantitative estimate of drug-likeness (QED) is 0.318. The highest BCUT2D eigenvalue weighted by Crippen LogP contribution is 2.17. The number of hydrogen-bond donors (Lipinski definition) is 0. The molecular formula is C19H28N3O2+. The third-order valence-corrected chi connectivity index (χ3v) is 3.67. The average molecular weight is 330 g/mol. The molecule has 0 spiro atoms. The predicted molar refractivity (Wildman–Crippen MR) is 97.5 cm³/mol. The molecule has 0 unspecified atom stereocenters. The van der Waals surface area contributed by atoms with Crippen molar-refractivity contribution in [3.05, 3.63) is 35.4 Å². The largest absolute Gasteiger partial charge is 0.456 e. The van der Waals surface area contributed by atoms with Gasteiger partial charge in [-0.1, -0.05) is 12.1 Å². The van der Waals surface area contributed by atoms with Crippen LogP contribution in [0.4, 0.5) is 5.69 Å². The fraction of sp³-hybridized carbons (Fsp3) is 0.474. The van der Waals surface area contributed by atoms with E-state index in [0.717, 1.165) is 24.3 Å². The Kier molecular flexibility index (Phi) is 7.47. The van der Waals surface area contributed by atoms with Crippen molar-refractivity contribution < 1.29 is 14.0 Å². The zero-order chi connectivity index (χ0) is 18.2. The van der Waals surface area contributed by atoms with Gasteiger partial charge in [-0.15, -0.1) is 0 Å². The van der Waals surface area contributed by atoms with Crippen LogP contribution < -0.4 is 4.90 Å². The SMILES string of the molecule is CCN(CC)c1ccc(/C=C(\C#N)C(=O)OCC[N+](C)(C)C)cc1. The number of carbonyl (C=O) groups excluding carboxylic acids is 1. The molecule has 0 bridgehead atoms. The number of carbonyl (C=O) groups is 1. The van der Waals surface area contributed by atoms with Crippen LogP contribution in [0, 0.1) is 11.3 Å². The summed E-state index contributed by atoms with van der Waals surface area (Å²) in [5, 5.41) is 9.20. The van der Waals surface area contributed by atoms with Crippen molar-refractivity contribution in [2.24, 2.45) is 0 Å². The Bertz CT molecular complexity index is 603. The van der Waals surface area contributed by atoms with E-state index < -0.39 is 5.97 Å². The van der Waals surface area contributed by atoms with Gasteiger partial charge in [0.15, 0.2) is 0 Å². The van der Waals surface area contributed by atoms with Gasteiger partial charge >= 0.3 is 5.97 Å². The molecule has 0 N–H and O–H groups in total. The molecule has 0 fully saturated rings. The second-order valence-corrected chi connectivity index (χ2v) is 6.58. The highest BCUT2D eigenvalue weighted by molar-refractivity contribution is 5.97. The van der Waals surface area contributed by atoms with E-state index in [0.29, 0.717) is 17.6 Å². The van der Waals surface area contributed by atoms with E-state index in [1.54, 1.807) is 6.08 Å².